The quantitative estimate of drug-likeness (QED) is 0.865. The predicted molar refractivity (Wildman–Crippen MR) is 78.8 cm³/mol. The molecule has 1 atom stereocenters. The van der Waals surface area contributed by atoms with Gasteiger partial charge in [0.1, 0.15) is 5.60 Å². The summed E-state index contributed by atoms with van der Waals surface area (Å²) in [7, 11) is 0. The van der Waals surface area contributed by atoms with Gasteiger partial charge in [-0.05, 0) is 25.7 Å². The molecule has 1 aliphatic carbocycles. The van der Waals surface area contributed by atoms with E-state index in [4.69, 9.17) is 4.74 Å². The molecule has 114 valence electrons. The molecular weight excluding hydrogens is 288 g/mol. The Morgan fingerprint density at radius 2 is 2.24 bits per heavy atom. The average Bonchev–Trinajstić information content (AvgIpc) is 3.08. The van der Waals surface area contributed by atoms with E-state index in [1.165, 1.54) is 0 Å². The summed E-state index contributed by atoms with van der Waals surface area (Å²) in [6, 6.07) is 0. The number of rotatable bonds is 4. The first-order chi connectivity index (χ1) is 10.2. The van der Waals surface area contributed by atoms with Crippen LogP contribution in [-0.2, 0) is 20.7 Å². The monoisotopic (exact) mass is 308 g/mol. The molecule has 0 radical (unpaired) electrons. The highest BCUT2D eigenvalue weighted by Crippen LogP contribution is 2.44. The van der Waals surface area contributed by atoms with Gasteiger partial charge in [0.2, 0.25) is 5.91 Å². The molecule has 1 aromatic rings. The summed E-state index contributed by atoms with van der Waals surface area (Å²) in [6.45, 7) is 0.563. The van der Waals surface area contributed by atoms with Gasteiger partial charge in [0.15, 0.2) is 0 Å². The van der Waals surface area contributed by atoms with Crippen molar-refractivity contribution in [3.8, 4) is 0 Å². The van der Waals surface area contributed by atoms with Crippen molar-refractivity contribution in [2.24, 2.45) is 5.92 Å². The zero-order chi connectivity index (χ0) is 14.7. The maximum atomic E-state index is 12.4. The van der Waals surface area contributed by atoms with Crippen LogP contribution in [0.2, 0.25) is 0 Å². The van der Waals surface area contributed by atoms with Crippen molar-refractivity contribution in [3.05, 3.63) is 16.6 Å². The van der Waals surface area contributed by atoms with Crippen LogP contribution in [0.15, 0.2) is 11.6 Å². The highest BCUT2D eigenvalue weighted by molar-refractivity contribution is 7.09. The Morgan fingerprint density at radius 1 is 1.43 bits per heavy atom. The number of aromatic nitrogens is 1. The molecule has 2 fully saturated rings. The molecule has 1 amide bonds. The van der Waals surface area contributed by atoms with Crippen molar-refractivity contribution in [1.82, 2.24) is 10.3 Å². The van der Waals surface area contributed by atoms with Gasteiger partial charge in [-0.25, -0.2) is 4.98 Å². The van der Waals surface area contributed by atoms with E-state index in [1.807, 2.05) is 5.38 Å². The number of esters is 1. The standard InChI is InChI=1S/C15H20N2O3S/c18-13-10-11(15(20-13)5-2-1-3-6-15)14(19)17-7-4-12-16-8-9-21-12/h8-9,11H,1-7,10H2,(H,17,19)/t11-/m0/s1. The number of carbonyl (C=O) groups is 2. The second-order valence-corrected chi connectivity index (χ2v) is 6.80. The minimum Gasteiger partial charge on any atom is -0.458 e. The van der Waals surface area contributed by atoms with Crippen LogP contribution in [0.4, 0.5) is 0 Å². The summed E-state index contributed by atoms with van der Waals surface area (Å²) in [5.41, 5.74) is -0.527. The fourth-order valence-electron chi connectivity index (χ4n) is 3.42. The fourth-order valence-corrected chi connectivity index (χ4v) is 4.04. The van der Waals surface area contributed by atoms with Gasteiger partial charge >= 0.3 is 5.97 Å². The van der Waals surface area contributed by atoms with Crippen molar-refractivity contribution in [1.29, 1.82) is 0 Å². The second kappa shape index (κ2) is 6.13. The Bertz CT molecular complexity index is 509. The van der Waals surface area contributed by atoms with Crippen LogP contribution in [0, 0.1) is 5.92 Å². The van der Waals surface area contributed by atoms with E-state index in [0.29, 0.717) is 6.54 Å². The van der Waals surface area contributed by atoms with Crippen LogP contribution < -0.4 is 5.32 Å². The molecule has 21 heavy (non-hydrogen) atoms. The van der Waals surface area contributed by atoms with Gasteiger partial charge in [-0.3, -0.25) is 9.59 Å². The Hall–Kier alpha value is -1.43. The summed E-state index contributed by atoms with van der Waals surface area (Å²) in [6.07, 6.45) is 7.61. The molecule has 0 bridgehead atoms. The van der Waals surface area contributed by atoms with Gasteiger partial charge < -0.3 is 10.1 Å². The largest absolute Gasteiger partial charge is 0.458 e. The smallest absolute Gasteiger partial charge is 0.307 e. The van der Waals surface area contributed by atoms with E-state index in [-0.39, 0.29) is 24.2 Å². The molecule has 2 heterocycles. The Balaban J connectivity index is 1.58. The van der Waals surface area contributed by atoms with Crippen LogP contribution in [0.25, 0.3) is 0 Å². The summed E-state index contributed by atoms with van der Waals surface area (Å²) >= 11 is 1.59. The lowest BCUT2D eigenvalue weighted by Crippen LogP contribution is -2.46. The highest BCUT2D eigenvalue weighted by Gasteiger charge is 2.52. The summed E-state index contributed by atoms with van der Waals surface area (Å²) in [5, 5.41) is 5.89. The average molecular weight is 308 g/mol. The zero-order valence-corrected chi connectivity index (χ0v) is 12.8. The SMILES string of the molecule is O=C1C[C@@H](C(=O)NCCc2nccs2)C2(CCCCC2)O1. The molecule has 5 nitrogen and oxygen atoms in total. The van der Waals surface area contributed by atoms with Crippen molar-refractivity contribution in [2.45, 2.75) is 50.5 Å². The first-order valence-electron chi connectivity index (χ1n) is 7.57. The Morgan fingerprint density at radius 3 is 2.95 bits per heavy atom. The predicted octanol–water partition coefficient (Wildman–Crippen LogP) is 2.07. The first kappa shape index (κ1) is 14.5. The van der Waals surface area contributed by atoms with Crippen LogP contribution in [0.1, 0.15) is 43.5 Å². The number of hydrogen-bond donors (Lipinski definition) is 1. The van der Waals surface area contributed by atoms with Gasteiger partial charge in [-0.15, -0.1) is 11.3 Å². The molecular formula is C15H20N2O3S. The first-order valence-corrected chi connectivity index (χ1v) is 8.45. The van der Waals surface area contributed by atoms with Gasteiger partial charge in [0.05, 0.1) is 17.3 Å². The zero-order valence-electron chi connectivity index (χ0n) is 12.0. The number of nitrogens with one attached hydrogen (secondary N) is 1. The Kier molecular flexibility index (Phi) is 4.24. The van der Waals surface area contributed by atoms with Gasteiger partial charge in [0.25, 0.3) is 0 Å². The number of amides is 1. The van der Waals surface area contributed by atoms with Crippen LogP contribution >= 0.6 is 11.3 Å². The van der Waals surface area contributed by atoms with Crippen molar-refractivity contribution in [3.63, 3.8) is 0 Å². The molecule has 1 N–H and O–H groups in total. The van der Waals surface area contributed by atoms with Gasteiger partial charge in [0, 0.05) is 24.5 Å². The lowest BCUT2D eigenvalue weighted by atomic mass is 9.75. The van der Waals surface area contributed by atoms with E-state index in [2.05, 4.69) is 10.3 Å². The topological polar surface area (TPSA) is 68.3 Å². The molecule has 1 spiro atoms. The highest BCUT2D eigenvalue weighted by atomic mass is 32.1. The lowest BCUT2D eigenvalue weighted by Gasteiger charge is -2.36. The molecule has 1 aromatic heterocycles. The van der Waals surface area contributed by atoms with Crippen LogP contribution in [0.5, 0.6) is 0 Å². The van der Waals surface area contributed by atoms with E-state index in [9.17, 15) is 9.59 Å². The number of ether oxygens (including phenoxy) is 1. The molecule has 6 heteroatoms. The minimum atomic E-state index is -0.527. The number of nitrogens with zero attached hydrogens (tertiary/aromatic N) is 1. The van der Waals surface area contributed by atoms with Crippen molar-refractivity contribution in [2.75, 3.05) is 6.54 Å². The molecule has 2 aliphatic rings. The number of thiazole rings is 1. The maximum absolute atomic E-state index is 12.4. The third-order valence-electron chi connectivity index (χ3n) is 4.46. The van der Waals surface area contributed by atoms with Crippen molar-refractivity contribution >= 4 is 23.2 Å². The summed E-state index contributed by atoms with van der Waals surface area (Å²) < 4.78 is 5.57. The van der Waals surface area contributed by atoms with E-state index in [1.54, 1.807) is 17.5 Å². The second-order valence-electron chi connectivity index (χ2n) is 5.82. The van der Waals surface area contributed by atoms with Gasteiger partial charge in [-0.2, -0.15) is 0 Å². The fraction of sp³-hybridized carbons (Fsp3) is 0.667. The summed E-state index contributed by atoms with van der Waals surface area (Å²) in [4.78, 5) is 28.3. The van der Waals surface area contributed by atoms with E-state index in [0.717, 1.165) is 43.5 Å². The van der Waals surface area contributed by atoms with E-state index < -0.39 is 5.60 Å². The summed E-state index contributed by atoms with van der Waals surface area (Å²) in [5.74, 6) is -0.585. The Labute approximate surface area is 128 Å². The third-order valence-corrected chi connectivity index (χ3v) is 5.30. The number of hydrogen-bond acceptors (Lipinski definition) is 5. The normalized spacial score (nSPS) is 24.0. The third kappa shape index (κ3) is 3.10. The number of carbonyl (C=O) groups excluding carboxylic acids is 2. The molecule has 3 rings (SSSR count). The van der Waals surface area contributed by atoms with Crippen LogP contribution in [0.3, 0.4) is 0 Å². The van der Waals surface area contributed by atoms with Gasteiger partial charge in [-0.1, -0.05) is 6.42 Å². The molecule has 0 unspecified atom stereocenters. The molecule has 0 aromatic carbocycles. The minimum absolute atomic E-state index is 0.0423. The van der Waals surface area contributed by atoms with Crippen molar-refractivity contribution < 1.29 is 14.3 Å². The van der Waals surface area contributed by atoms with Crippen LogP contribution in [-0.4, -0.2) is 29.0 Å². The maximum Gasteiger partial charge on any atom is 0.307 e. The lowest BCUT2D eigenvalue weighted by molar-refractivity contribution is -0.153. The van der Waals surface area contributed by atoms with E-state index >= 15 is 0 Å². The molecule has 1 aliphatic heterocycles. The molecule has 1 saturated heterocycles. The molecule has 1 saturated carbocycles.